The molecule has 2 fully saturated rings. The molecule has 0 spiro atoms. The minimum Gasteiger partial charge on any atom is -0.388 e. The first kappa shape index (κ1) is 12.4. The van der Waals surface area contributed by atoms with Gasteiger partial charge in [-0.25, -0.2) is 0 Å². The van der Waals surface area contributed by atoms with Crippen LogP contribution < -0.4 is 5.32 Å². The SMILES string of the molecule is CC(C)NC1CCC[C@H]2CCCCC[C@]12O. The van der Waals surface area contributed by atoms with E-state index in [2.05, 4.69) is 19.2 Å². The number of rotatable bonds is 2. The smallest absolute Gasteiger partial charge is 0.0828 e. The first-order valence-electron chi connectivity index (χ1n) is 7.11. The van der Waals surface area contributed by atoms with Gasteiger partial charge in [-0.15, -0.1) is 0 Å². The molecule has 3 atom stereocenters. The maximum Gasteiger partial charge on any atom is 0.0828 e. The second-order valence-electron chi connectivity index (χ2n) is 6.09. The van der Waals surface area contributed by atoms with Gasteiger partial charge in [0.25, 0.3) is 0 Å². The van der Waals surface area contributed by atoms with E-state index < -0.39 is 5.60 Å². The summed E-state index contributed by atoms with van der Waals surface area (Å²) in [5, 5.41) is 14.6. The van der Waals surface area contributed by atoms with Gasteiger partial charge in [-0.2, -0.15) is 0 Å². The lowest BCUT2D eigenvalue weighted by Crippen LogP contribution is -2.58. The van der Waals surface area contributed by atoms with Crippen LogP contribution in [0.15, 0.2) is 0 Å². The molecule has 94 valence electrons. The van der Waals surface area contributed by atoms with Gasteiger partial charge in [0.1, 0.15) is 0 Å². The van der Waals surface area contributed by atoms with Crippen molar-refractivity contribution in [3.8, 4) is 0 Å². The Morgan fingerprint density at radius 2 is 1.81 bits per heavy atom. The molecule has 0 bridgehead atoms. The minimum atomic E-state index is -0.404. The van der Waals surface area contributed by atoms with Crippen LogP contribution in [0.4, 0.5) is 0 Å². The van der Waals surface area contributed by atoms with Crippen molar-refractivity contribution in [2.75, 3.05) is 0 Å². The normalized spacial score (nSPS) is 40.5. The average molecular weight is 225 g/mol. The molecule has 0 radical (unpaired) electrons. The van der Waals surface area contributed by atoms with Crippen molar-refractivity contribution >= 4 is 0 Å². The maximum atomic E-state index is 11.0. The van der Waals surface area contributed by atoms with Gasteiger partial charge in [0.2, 0.25) is 0 Å². The van der Waals surface area contributed by atoms with E-state index in [0.717, 1.165) is 12.8 Å². The van der Waals surface area contributed by atoms with E-state index >= 15 is 0 Å². The first-order valence-corrected chi connectivity index (χ1v) is 7.11. The Hall–Kier alpha value is -0.0800. The molecule has 2 saturated carbocycles. The molecule has 2 N–H and O–H groups in total. The lowest BCUT2D eigenvalue weighted by atomic mass is 9.69. The predicted octanol–water partition coefficient (Wildman–Crippen LogP) is 2.85. The lowest BCUT2D eigenvalue weighted by molar-refractivity contribution is -0.0810. The quantitative estimate of drug-likeness (QED) is 0.757. The zero-order valence-electron chi connectivity index (χ0n) is 10.8. The van der Waals surface area contributed by atoms with Gasteiger partial charge in [-0.1, -0.05) is 39.5 Å². The largest absolute Gasteiger partial charge is 0.388 e. The van der Waals surface area contributed by atoms with Gasteiger partial charge in [-0.3, -0.25) is 0 Å². The molecule has 2 rings (SSSR count). The zero-order valence-corrected chi connectivity index (χ0v) is 10.8. The maximum absolute atomic E-state index is 11.0. The molecule has 1 unspecified atom stereocenters. The van der Waals surface area contributed by atoms with E-state index in [1.807, 2.05) is 0 Å². The Balaban J connectivity index is 2.11. The van der Waals surface area contributed by atoms with E-state index in [1.54, 1.807) is 0 Å². The highest BCUT2D eigenvalue weighted by Gasteiger charge is 2.46. The average Bonchev–Trinajstić information content (AvgIpc) is 2.40. The third-order valence-corrected chi connectivity index (χ3v) is 4.52. The standard InChI is InChI=1S/C14H27NO/c1-11(2)15-13-9-6-8-12-7-4-3-5-10-14(12,13)16/h11-13,15-16H,3-10H2,1-2H3/t12-,13?,14-/m1/s1. The lowest BCUT2D eigenvalue weighted by Gasteiger charge is -2.46. The van der Waals surface area contributed by atoms with Gasteiger partial charge < -0.3 is 10.4 Å². The molecule has 2 aliphatic rings. The van der Waals surface area contributed by atoms with Crippen LogP contribution in [0.3, 0.4) is 0 Å². The van der Waals surface area contributed by atoms with Crippen LogP contribution in [0.5, 0.6) is 0 Å². The molecule has 0 amide bonds. The van der Waals surface area contributed by atoms with E-state index in [4.69, 9.17) is 0 Å². The molecule has 0 aromatic heterocycles. The fraction of sp³-hybridized carbons (Fsp3) is 1.00. The molecule has 0 aliphatic heterocycles. The van der Waals surface area contributed by atoms with Crippen molar-refractivity contribution in [3.05, 3.63) is 0 Å². The highest BCUT2D eigenvalue weighted by atomic mass is 16.3. The Morgan fingerprint density at radius 1 is 1.06 bits per heavy atom. The Kier molecular flexibility index (Phi) is 3.91. The summed E-state index contributed by atoms with van der Waals surface area (Å²) in [4.78, 5) is 0. The summed E-state index contributed by atoms with van der Waals surface area (Å²) < 4.78 is 0. The fourth-order valence-corrected chi connectivity index (χ4v) is 3.73. The van der Waals surface area contributed by atoms with Crippen molar-refractivity contribution in [2.24, 2.45) is 5.92 Å². The highest BCUT2D eigenvalue weighted by molar-refractivity contribution is 5.01. The van der Waals surface area contributed by atoms with E-state index in [-0.39, 0.29) is 0 Å². The Labute approximate surface area is 99.8 Å². The van der Waals surface area contributed by atoms with Crippen LogP contribution in [0.25, 0.3) is 0 Å². The summed E-state index contributed by atoms with van der Waals surface area (Å²) >= 11 is 0. The molecule has 2 aliphatic carbocycles. The third kappa shape index (κ3) is 2.43. The number of nitrogens with one attached hydrogen (secondary N) is 1. The topological polar surface area (TPSA) is 32.3 Å². The molecule has 0 saturated heterocycles. The first-order chi connectivity index (χ1) is 7.63. The molecule has 2 nitrogen and oxygen atoms in total. The zero-order chi connectivity index (χ0) is 11.6. The summed E-state index contributed by atoms with van der Waals surface area (Å²) in [6.45, 7) is 4.37. The van der Waals surface area contributed by atoms with Crippen LogP contribution in [0, 0.1) is 5.92 Å². The van der Waals surface area contributed by atoms with Crippen LogP contribution in [-0.2, 0) is 0 Å². The molecular formula is C14H27NO. The molecule has 0 aromatic carbocycles. The van der Waals surface area contributed by atoms with Crippen molar-refractivity contribution in [1.29, 1.82) is 0 Å². The Bertz CT molecular complexity index is 229. The minimum absolute atomic E-state index is 0.337. The molecule has 16 heavy (non-hydrogen) atoms. The van der Waals surface area contributed by atoms with Crippen LogP contribution in [0.2, 0.25) is 0 Å². The summed E-state index contributed by atoms with van der Waals surface area (Å²) in [6, 6.07) is 0.820. The van der Waals surface area contributed by atoms with E-state index in [1.165, 1.54) is 38.5 Å². The van der Waals surface area contributed by atoms with Crippen molar-refractivity contribution in [1.82, 2.24) is 5.32 Å². The Morgan fingerprint density at radius 3 is 2.56 bits per heavy atom. The molecule has 0 heterocycles. The number of hydrogen-bond donors (Lipinski definition) is 2. The predicted molar refractivity (Wildman–Crippen MR) is 67.4 cm³/mol. The van der Waals surface area contributed by atoms with Gasteiger partial charge in [0.15, 0.2) is 0 Å². The summed E-state index contributed by atoms with van der Waals surface area (Å²) in [6.07, 6.45) is 9.79. The van der Waals surface area contributed by atoms with Gasteiger partial charge >= 0.3 is 0 Å². The van der Waals surface area contributed by atoms with Crippen molar-refractivity contribution in [3.63, 3.8) is 0 Å². The molecular weight excluding hydrogens is 198 g/mol. The second kappa shape index (κ2) is 5.05. The second-order valence-corrected chi connectivity index (χ2v) is 6.09. The molecule has 2 heteroatoms. The van der Waals surface area contributed by atoms with Gasteiger partial charge in [0.05, 0.1) is 5.60 Å². The van der Waals surface area contributed by atoms with Crippen LogP contribution in [-0.4, -0.2) is 22.8 Å². The van der Waals surface area contributed by atoms with E-state index in [0.29, 0.717) is 18.0 Å². The highest BCUT2D eigenvalue weighted by Crippen LogP contribution is 2.42. The fourth-order valence-electron chi connectivity index (χ4n) is 3.73. The van der Waals surface area contributed by atoms with E-state index in [9.17, 15) is 5.11 Å². The van der Waals surface area contributed by atoms with Crippen LogP contribution in [0.1, 0.15) is 65.2 Å². The van der Waals surface area contributed by atoms with Crippen LogP contribution >= 0.6 is 0 Å². The summed E-state index contributed by atoms with van der Waals surface area (Å²) in [7, 11) is 0. The third-order valence-electron chi connectivity index (χ3n) is 4.52. The van der Waals surface area contributed by atoms with Crippen molar-refractivity contribution < 1.29 is 5.11 Å². The van der Waals surface area contributed by atoms with Crippen molar-refractivity contribution in [2.45, 2.75) is 82.9 Å². The number of hydrogen-bond acceptors (Lipinski definition) is 2. The summed E-state index contributed by atoms with van der Waals surface area (Å²) in [5.74, 6) is 0.556. The summed E-state index contributed by atoms with van der Waals surface area (Å²) in [5.41, 5.74) is -0.404. The monoisotopic (exact) mass is 225 g/mol. The number of fused-ring (bicyclic) bond motifs is 1. The molecule has 0 aromatic rings. The van der Waals surface area contributed by atoms with Gasteiger partial charge in [-0.05, 0) is 31.6 Å². The van der Waals surface area contributed by atoms with Gasteiger partial charge in [0, 0.05) is 12.1 Å². The number of aliphatic hydroxyl groups is 1.